The third-order valence-corrected chi connectivity index (χ3v) is 2.71. The predicted octanol–water partition coefficient (Wildman–Crippen LogP) is 0.189. The van der Waals surface area contributed by atoms with Crippen LogP contribution < -0.4 is 0 Å². The first-order valence-corrected chi connectivity index (χ1v) is 7.63. The van der Waals surface area contributed by atoms with E-state index in [1.54, 1.807) is 0 Å². The predicted molar refractivity (Wildman–Crippen MR) is 70.5 cm³/mol. The Bertz CT molecular complexity index is 267. The summed E-state index contributed by atoms with van der Waals surface area (Å²) in [6, 6.07) is 0. The Labute approximate surface area is 112 Å². The van der Waals surface area contributed by atoms with Gasteiger partial charge >= 0.3 is 5.97 Å². The van der Waals surface area contributed by atoms with Gasteiger partial charge in [0.2, 0.25) is 5.79 Å². The van der Waals surface area contributed by atoms with E-state index in [4.69, 9.17) is 18.9 Å². The summed E-state index contributed by atoms with van der Waals surface area (Å²) in [7, 11) is 0.905. The summed E-state index contributed by atoms with van der Waals surface area (Å²) in [5.74, 6) is -1.14. The Kier molecular flexibility index (Phi) is 6.27. The minimum atomic E-state index is -0.827. The Morgan fingerprint density at radius 1 is 1.61 bits per heavy atom. The van der Waals surface area contributed by atoms with Gasteiger partial charge in [-0.25, -0.2) is 0 Å². The van der Waals surface area contributed by atoms with Gasteiger partial charge in [0.1, 0.15) is 6.10 Å². The SMILES string of the molecule is CC(=O)OC(C)(CCCOCC1CO1)OC(C)[SiH3]. The smallest absolute Gasteiger partial charge is 0.305 e. The van der Waals surface area contributed by atoms with Gasteiger partial charge in [-0.05, 0) is 13.3 Å². The number of carbonyl (C=O) groups excluding carboxylic acids is 1. The molecular weight excluding hydrogens is 252 g/mol. The van der Waals surface area contributed by atoms with E-state index in [1.807, 2.05) is 13.8 Å². The molecule has 0 amide bonds. The molecule has 5 nitrogen and oxygen atoms in total. The van der Waals surface area contributed by atoms with E-state index in [-0.39, 0.29) is 11.7 Å². The molecule has 1 aliphatic rings. The normalized spacial score (nSPS) is 23.4. The van der Waals surface area contributed by atoms with Crippen LogP contribution in [0, 0.1) is 0 Å². The quantitative estimate of drug-likeness (QED) is 0.198. The Balaban J connectivity index is 2.22. The summed E-state index contributed by atoms with van der Waals surface area (Å²) in [6.45, 7) is 7.30. The summed E-state index contributed by atoms with van der Waals surface area (Å²) in [6.07, 6.45) is 1.73. The largest absolute Gasteiger partial charge is 0.434 e. The molecule has 0 aromatic carbocycles. The summed E-state index contributed by atoms with van der Waals surface area (Å²) >= 11 is 0. The second-order valence-electron chi connectivity index (χ2n) is 5.03. The maximum atomic E-state index is 11.1. The van der Waals surface area contributed by atoms with Crippen LogP contribution >= 0.6 is 0 Å². The van der Waals surface area contributed by atoms with Gasteiger partial charge in [-0.15, -0.1) is 0 Å². The maximum absolute atomic E-state index is 11.1. The minimum absolute atomic E-state index is 0.148. The zero-order chi connectivity index (χ0) is 13.6. The van der Waals surface area contributed by atoms with Crippen LogP contribution in [-0.4, -0.2) is 53.7 Å². The van der Waals surface area contributed by atoms with Crippen molar-refractivity contribution in [2.45, 2.75) is 51.2 Å². The van der Waals surface area contributed by atoms with Gasteiger partial charge in [-0.1, -0.05) is 0 Å². The van der Waals surface area contributed by atoms with Crippen LogP contribution in [0.15, 0.2) is 0 Å². The number of hydrogen-bond donors (Lipinski definition) is 0. The lowest BCUT2D eigenvalue weighted by Crippen LogP contribution is -2.37. The van der Waals surface area contributed by atoms with Crippen molar-refractivity contribution in [1.29, 1.82) is 0 Å². The molecule has 0 aliphatic carbocycles. The van der Waals surface area contributed by atoms with Gasteiger partial charge in [0, 0.05) is 42.8 Å². The second-order valence-corrected chi connectivity index (χ2v) is 6.65. The van der Waals surface area contributed by atoms with Crippen molar-refractivity contribution in [2.75, 3.05) is 19.8 Å². The van der Waals surface area contributed by atoms with Gasteiger partial charge in [-0.3, -0.25) is 4.79 Å². The summed E-state index contributed by atoms with van der Waals surface area (Å²) in [5.41, 5.74) is 0.148. The molecule has 0 radical (unpaired) electrons. The Hall–Kier alpha value is -0.433. The topological polar surface area (TPSA) is 57.3 Å². The second kappa shape index (κ2) is 7.23. The van der Waals surface area contributed by atoms with Crippen molar-refractivity contribution < 1.29 is 23.7 Å². The fourth-order valence-corrected chi connectivity index (χ4v) is 2.31. The molecule has 0 spiro atoms. The third kappa shape index (κ3) is 7.10. The average Bonchev–Trinajstić information content (AvgIpc) is 2.97. The van der Waals surface area contributed by atoms with Gasteiger partial charge in [0.15, 0.2) is 0 Å². The molecule has 0 aromatic heterocycles. The number of epoxide rings is 1. The van der Waals surface area contributed by atoms with E-state index in [0.717, 1.165) is 23.3 Å². The van der Waals surface area contributed by atoms with Gasteiger partial charge in [-0.2, -0.15) is 0 Å². The highest BCUT2D eigenvalue weighted by molar-refractivity contribution is 6.10. The molecule has 18 heavy (non-hydrogen) atoms. The number of ether oxygens (including phenoxy) is 4. The van der Waals surface area contributed by atoms with Crippen molar-refractivity contribution >= 4 is 16.2 Å². The fraction of sp³-hybridized carbons (Fsp3) is 0.917. The highest BCUT2D eigenvalue weighted by Gasteiger charge is 2.29. The van der Waals surface area contributed by atoms with Gasteiger partial charge < -0.3 is 18.9 Å². The molecule has 0 bridgehead atoms. The number of hydrogen-bond acceptors (Lipinski definition) is 5. The lowest BCUT2D eigenvalue weighted by atomic mass is 10.1. The number of esters is 1. The minimum Gasteiger partial charge on any atom is -0.434 e. The molecule has 0 N–H and O–H groups in total. The monoisotopic (exact) mass is 276 g/mol. The summed E-state index contributed by atoms with van der Waals surface area (Å²) in [4.78, 5) is 11.1. The van der Waals surface area contributed by atoms with E-state index in [0.29, 0.717) is 25.7 Å². The Morgan fingerprint density at radius 2 is 2.28 bits per heavy atom. The van der Waals surface area contributed by atoms with E-state index in [2.05, 4.69) is 0 Å². The molecular formula is C12H24O5Si. The third-order valence-electron chi connectivity index (χ3n) is 2.47. The highest BCUT2D eigenvalue weighted by atomic mass is 28.1. The van der Waals surface area contributed by atoms with E-state index in [9.17, 15) is 4.79 Å². The molecule has 1 fully saturated rings. The molecule has 1 rings (SSSR count). The van der Waals surface area contributed by atoms with Crippen LogP contribution in [0.3, 0.4) is 0 Å². The van der Waals surface area contributed by atoms with Crippen molar-refractivity contribution in [3.63, 3.8) is 0 Å². The molecule has 3 atom stereocenters. The molecule has 6 heteroatoms. The van der Waals surface area contributed by atoms with Gasteiger partial charge in [0.25, 0.3) is 0 Å². The van der Waals surface area contributed by atoms with E-state index >= 15 is 0 Å². The first kappa shape index (κ1) is 15.6. The van der Waals surface area contributed by atoms with Crippen LogP contribution in [0.25, 0.3) is 0 Å². The zero-order valence-electron chi connectivity index (χ0n) is 11.7. The lowest BCUT2D eigenvalue weighted by Gasteiger charge is -2.31. The Morgan fingerprint density at radius 3 is 2.78 bits per heavy atom. The first-order valence-electron chi connectivity index (χ1n) is 6.48. The van der Waals surface area contributed by atoms with Crippen molar-refractivity contribution in [3.05, 3.63) is 0 Å². The molecule has 0 aromatic rings. The fourth-order valence-electron chi connectivity index (χ4n) is 1.81. The molecule has 3 unspecified atom stereocenters. The van der Waals surface area contributed by atoms with E-state index < -0.39 is 5.79 Å². The number of carbonyl (C=O) groups is 1. The molecule has 1 heterocycles. The van der Waals surface area contributed by atoms with Crippen LogP contribution in [0.4, 0.5) is 0 Å². The molecule has 106 valence electrons. The molecule has 1 saturated heterocycles. The average molecular weight is 276 g/mol. The molecule has 0 saturated carbocycles. The van der Waals surface area contributed by atoms with Crippen LogP contribution in [0.2, 0.25) is 0 Å². The molecule has 1 aliphatic heterocycles. The van der Waals surface area contributed by atoms with Crippen LogP contribution in [-0.2, 0) is 23.7 Å². The summed E-state index contributed by atoms with van der Waals surface area (Å²) in [5, 5.41) is 0. The van der Waals surface area contributed by atoms with Crippen molar-refractivity contribution in [1.82, 2.24) is 0 Å². The summed E-state index contributed by atoms with van der Waals surface area (Å²) < 4.78 is 21.5. The van der Waals surface area contributed by atoms with Gasteiger partial charge in [0.05, 0.1) is 13.2 Å². The van der Waals surface area contributed by atoms with Crippen molar-refractivity contribution in [3.8, 4) is 0 Å². The van der Waals surface area contributed by atoms with Crippen LogP contribution in [0.1, 0.15) is 33.6 Å². The lowest BCUT2D eigenvalue weighted by molar-refractivity contribution is -0.230. The van der Waals surface area contributed by atoms with E-state index in [1.165, 1.54) is 6.92 Å². The van der Waals surface area contributed by atoms with Crippen molar-refractivity contribution in [2.24, 2.45) is 0 Å². The zero-order valence-corrected chi connectivity index (χ0v) is 13.7. The first-order chi connectivity index (χ1) is 8.41. The number of rotatable bonds is 9. The maximum Gasteiger partial charge on any atom is 0.305 e. The standard InChI is InChI=1S/C12H24O5Si/c1-9(13)16-12(3,17-10(2)18)5-4-6-14-7-11-8-15-11/h10-11H,4-8H2,1-3,18H3. The highest BCUT2D eigenvalue weighted by Crippen LogP contribution is 2.21. The van der Waals surface area contributed by atoms with Crippen LogP contribution in [0.5, 0.6) is 0 Å².